The molecule has 1 saturated heterocycles. The third kappa shape index (κ3) is 6.09. The molecular weight excluding hydrogens is 631 g/mol. The average Bonchev–Trinajstić information content (AvgIpc) is 3.61. The maximum atomic E-state index is 13.5. The second-order valence-corrected chi connectivity index (χ2v) is 10.7. The first-order chi connectivity index (χ1) is 20.1. The molecule has 1 aliphatic heterocycles. The summed E-state index contributed by atoms with van der Waals surface area (Å²) in [7, 11) is 0. The summed E-state index contributed by atoms with van der Waals surface area (Å²) in [6.45, 7) is -2.79. The van der Waals surface area contributed by atoms with Crippen LogP contribution in [0.4, 0.5) is 32.3 Å². The van der Waals surface area contributed by atoms with E-state index < -0.39 is 55.8 Å². The fourth-order valence-electron chi connectivity index (χ4n) is 4.53. The van der Waals surface area contributed by atoms with Crippen LogP contribution in [0.1, 0.15) is 12.2 Å². The Kier molecular flexibility index (Phi) is 8.00. The number of aliphatic hydroxyl groups excluding tert-OH is 1. The van der Waals surface area contributed by atoms with Crippen LogP contribution in [0.2, 0.25) is 10.0 Å². The van der Waals surface area contributed by atoms with Gasteiger partial charge in [0.2, 0.25) is 5.95 Å². The number of anilines is 1. The largest absolute Gasteiger partial charge is 0.419 e. The molecule has 0 radical (unpaired) electrons. The number of nitrogens with zero attached hydrogens (tertiary/aromatic N) is 7. The summed E-state index contributed by atoms with van der Waals surface area (Å²) < 4.78 is 82.7. The van der Waals surface area contributed by atoms with E-state index in [0.29, 0.717) is 9.59 Å². The minimum absolute atomic E-state index is 0.124. The molecule has 2 aromatic carbocycles. The molecule has 1 unspecified atom stereocenters. The average molecular weight is 652 g/mol. The zero-order chi connectivity index (χ0) is 31.3. The highest BCUT2D eigenvalue weighted by molar-refractivity contribution is 6.32. The van der Waals surface area contributed by atoms with Gasteiger partial charge in [-0.1, -0.05) is 35.3 Å². The summed E-state index contributed by atoms with van der Waals surface area (Å²) in [5, 5.41) is 28.9. The summed E-state index contributed by atoms with van der Waals surface area (Å²) >= 11 is 12.2. The van der Waals surface area contributed by atoms with Gasteiger partial charge < -0.3 is 15.1 Å². The second kappa shape index (κ2) is 11.2. The Bertz CT molecular complexity index is 1690. The number of benzene rings is 2. The third-order valence-corrected chi connectivity index (χ3v) is 7.39. The number of alkyl halides is 6. The lowest BCUT2D eigenvalue weighted by atomic mass is 10.0. The summed E-state index contributed by atoms with van der Waals surface area (Å²) in [6, 6.07) is 11.9. The molecule has 0 saturated carbocycles. The predicted octanol–water partition coefficient (Wildman–Crippen LogP) is 4.07. The number of β-amino-alcohol motifs (C(OH)–C–C–N with tert-alkyl or cyclic N) is 1. The van der Waals surface area contributed by atoms with Gasteiger partial charge in [-0.25, -0.2) is 9.48 Å². The van der Waals surface area contributed by atoms with Crippen LogP contribution >= 0.6 is 23.2 Å². The fourth-order valence-corrected chi connectivity index (χ4v) is 4.87. The van der Waals surface area contributed by atoms with Gasteiger partial charge in [-0.05, 0) is 36.4 Å². The van der Waals surface area contributed by atoms with Crippen LogP contribution in [0.25, 0.3) is 17.1 Å². The molecule has 0 spiro atoms. The lowest BCUT2D eigenvalue weighted by molar-refractivity contribution is -0.250. The summed E-state index contributed by atoms with van der Waals surface area (Å²) in [4.78, 5) is 18.7. The molecule has 1 fully saturated rings. The van der Waals surface area contributed by atoms with Crippen molar-refractivity contribution < 1.29 is 36.6 Å². The van der Waals surface area contributed by atoms with Crippen LogP contribution in [-0.4, -0.2) is 76.5 Å². The van der Waals surface area contributed by atoms with E-state index >= 15 is 0 Å². The second-order valence-electron chi connectivity index (χ2n) is 9.83. The predicted molar refractivity (Wildman–Crippen MR) is 142 cm³/mol. The molecule has 230 valence electrons. The van der Waals surface area contributed by atoms with Gasteiger partial charge in [-0.3, -0.25) is 4.57 Å². The van der Waals surface area contributed by atoms with Crippen LogP contribution in [-0.2, 0) is 13.1 Å². The third-order valence-electron chi connectivity index (χ3n) is 6.82. The Morgan fingerprint density at radius 1 is 1.00 bits per heavy atom. The van der Waals surface area contributed by atoms with E-state index in [-0.39, 0.29) is 40.4 Å². The maximum absolute atomic E-state index is 13.5. The van der Waals surface area contributed by atoms with Crippen LogP contribution in [0.3, 0.4) is 0 Å². The first-order valence-electron chi connectivity index (χ1n) is 12.5. The van der Waals surface area contributed by atoms with E-state index in [1.807, 2.05) is 0 Å². The van der Waals surface area contributed by atoms with Crippen LogP contribution in [0.15, 0.2) is 53.3 Å². The fraction of sp³-hybridized carbons (Fsp3) is 0.360. The van der Waals surface area contributed by atoms with E-state index in [1.165, 1.54) is 36.4 Å². The van der Waals surface area contributed by atoms with Gasteiger partial charge in [0.25, 0.3) is 0 Å². The first-order valence-corrected chi connectivity index (χ1v) is 13.3. The van der Waals surface area contributed by atoms with Crippen molar-refractivity contribution in [2.24, 2.45) is 0 Å². The number of hydrogen-bond donors (Lipinski definition) is 2. The van der Waals surface area contributed by atoms with Gasteiger partial charge in [0.15, 0.2) is 23.4 Å². The molecule has 0 bridgehead atoms. The molecule has 2 N–H and O–H groups in total. The molecule has 2 aromatic heterocycles. The molecule has 5 rings (SSSR count). The minimum atomic E-state index is -5.03. The topological polar surface area (TPSA) is 114 Å². The number of aromatic nitrogens is 6. The number of hydrogen-bond acceptors (Lipinski definition) is 7. The molecule has 3 heterocycles. The van der Waals surface area contributed by atoms with E-state index in [1.54, 1.807) is 12.1 Å². The Labute approximate surface area is 248 Å². The number of rotatable bonds is 7. The van der Waals surface area contributed by atoms with Gasteiger partial charge >= 0.3 is 18.0 Å². The molecule has 1 aliphatic rings. The molecule has 43 heavy (non-hydrogen) atoms. The van der Waals surface area contributed by atoms with Crippen molar-refractivity contribution in [1.29, 1.82) is 0 Å². The lowest BCUT2D eigenvalue weighted by Crippen LogP contribution is -2.47. The van der Waals surface area contributed by atoms with Crippen molar-refractivity contribution in [2.75, 3.05) is 18.0 Å². The van der Waals surface area contributed by atoms with Crippen molar-refractivity contribution in [3.05, 3.63) is 74.9 Å². The smallest absolute Gasteiger partial charge is 0.382 e. The van der Waals surface area contributed by atoms with Gasteiger partial charge in [-0.15, -0.1) is 10.2 Å². The maximum Gasteiger partial charge on any atom is 0.419 e. The summed E-state index contributed by atoms with van der Waals surface area (Å²) in [5.41, 5.74) is -3.61. The standard InChI is InChI=1S/C25H21Cl2F6N7O3/c26-15-7-5-14(6-8-15)20-36-39(22(42)38(20)11-18(41)24(28,29)30)12-19-34-21(37-10-9-23(43,13-37)25(31,32)33)40(35-19)17-4-2-1-3-16(17)27/h1-8,18,41,43H,9-13H2/t18-,23?/m0/s1. The van der Waals surface area contributed by atoms with Gasteiger partial charge in [0, 0.05) is 23.6 Å². The molecular formula is C25H21Cl2F6N7O3. The van der Waals surface area contributed by atoms with Crippen LogP contribution in [0, 0.1) is 0 Å². The van der Waals surface area contributed by atoms with Gasteiger partial charge in [-0.2, -0.15) is 36.0 Å². The van der Waals surface area contributed by atoms with Gasteiger partial charge in [0.1, 0.15) is 6.54 Å². The highest BCUT2D eigenvalue weighted by atomic mass is 35.5. The normalized spacial score (nSPS) is 18.4. The SMILES string of the molecule is O=c1n(Cc2nc(N3CCC(O)(C(F)(F)F)C3)n(-c3ccccc3Cl)n2)nc(-c2ccc(Cl)cc2)n1C[C@H](O)C(F)(F)F. The van der Waals surface area contributed by atoms with Crippen molar-refractivity contribution in [1.82, 2.24) is 29.1 Å². The number of aliphatic hydroxyl groups is 2. The molecule has 4 aromatic rings. The Hall–Kier alpha value is -3.60. The molecule has 18 heteroatoms. The minimum Gasteiger partial charge on any atom is -0.382 e. The van der Waals surface area contributed by atoms with E-state index in [9.17, 15) is 41.4 Å². The van der Waals surface area contributed by atoms with Crippen LogP contribution in [0.5, 0.6) is 0 Å². The summed E-state index contributed by atoms with van der Waals surface area (Å²) in [6.07, 6.45) is -13.5. The van der Waals surface area contributed by atoms with E-state index in [0.717, 1.165) is 14.3 Å². The number of para-hydroxylation sites is 1. The Morgan fingerprint density at radius 3 is 2.28 bits per heavy atom. The lowest BCUT2D eigenvalue weighted by Gasteiger charge is -2.26. The molecule has 0 amide bonds. The molecule has 0 aliphatic carbocycles. The van der Waals surface area contributed by atoms with Gasteiger partial charge in [0.05, 0.1) is 23.8 Å². The quantitative estimate of drug-likeness (QED) is 0.290. The van der Waals surface area contributed by atoms with E-state index in [2.05, 4.69) is 15.2 Å². The summed E-state index contributed by atoms with van der Waals surface area (Å²) in [5.74, 6) is -0.491. The zero-order valence-electron chi connectivity index (χ0n) is 21.7. The zero-order valence-corrected chi connectivity index (χ0v) is 23.2. The van der Waals surface area contributed by atoms with Crippen molar-refractivity contribution in [3.63, 3.8) is 0 Å². The highest BCUT2D eigenvalue weighted by Gasteiger charge is 2.57. The van der Waals surface area contributed by atoms with Crippen molar-refractivity contribution in [2.45, 2.75) is 43.6 Å². The Balaban J connectivity index is 1.57. The molecule has 2 atom stereocenters. The van der Waals surface area contributed by atoms with Crippen LogP contribution < -0.4 is 10.6 Å². The van der Waals surface area contributed by atoms with E-state index in [4.69, 9.17) is 23.2 Å². The van der Waals surface area contributed by atoms with Crippen molar-refractivity contribution >= 4 is 29.2 Å². The number of halogens is 8. The monoisotopic (exact) mass is 651 g/mol. The first kappa shape index (κ1) is 30.8. The highest BCUT2D eigenvalue weighted by Crippen LogP contribution is 2.39. The molecule has 10 nitrogen and oxygen atoms in total. The Morgan fingerprint density at radius 2 is 1.67 bits per heavy atom. The van der Waals surface area contributed by atoms with Crippen molar-refractivity contribution in [3.8, 4) is 17.1 Å².